The van der Waals surface area contributed by atoms with Crippen LogP contribution in [0.1, 0.15) is 23.2 Å². The Hall–Kier alpha value is -1.47. The van der Waals surface area contributed by atoms with Gasteiger partial charge in [0.1, 0.15) is 5.75 Å². The number of carbonyl (C=O) groups excluding carboxylic acids is 1. The lowest BCUT2D eigenvalue weighted by molar-refractivity contribution is -0.274. The summed E-state index contributed by atoms with van der Waals surface area (Å²) in [5.41, 5.74) is -0.115. The molecule has 2 N–H and O–H groups in total. The molecule has 1 unspecified atom stereocenters. The molecule has 1 aliphatic heterocycles. The lowest BCUT2D eigenvalue weighted by Crippen LogP contribution is -2.45. The summed E-state index contributed by atoms with van der Waals surface area (Å²) < 4.78 is 40.7. The zero-order valence-corrected chi connectivity index (χ0v) is 11.9. The normalized spacial score (nSPS) is 18.5. The maximum Gasteiger partial charge on any atom is 0.573 e. The van der Waals surface area contributed by atoms with Crippen molar-refractivity contribution in [3.8, 4) is 5.75 Å². The molecule has 4 nitrogen and oxygen atoms in total. The molecule has 0 bridgehead atoms. The van der Waals surface area contributed by atoms with Crippen molar-refractivity contribution in [3.05, 3.63) is 29.8 Å². The zero-order chi connectivity index (χ0) is 14.6. The Morgan fingerprint density at radius 3 is 2.67 bits per heavy atom. The molecule has 1 atom stereocenters. The van der Waals surface area contributed by atoms with Gasteiger partial charge in [-0.1, -0.05) is 12.1 Å². The van der Waals surface area contributed by atoms with Crippen molar-refractivity contribution >= 4 is 18.3 Å². The lowest BCUT2D eigenvalue weighted by Gasteiger charge is -2.24. The van der Waals surface area contributed by atoms with Gasteiger partial charge in [0.15, 0.2) is 0 Å². The highest BCUT2D eigenvalue weighted by atomic mass is 35.5. The molecule has 0 aromatic heterocycles. The van der Waals surface area contributed by atoms with E-state index in [0.29, 0.717) is 6.54 Å². The quantitative estimate of drug-likeness (QED) is 0.898. The third-order valence-corrected chi connectivity index (χ3v) is 2.99. The van der Waals surface area contributed by atoms with Crippen LogP contribution in [0.2, 0.25) is 0 Å². The highest BCUT2D eigenvalue weighted by Gasteiger charge is 2.33. The lowest BCUT2D eigenvalue weighted by atomic mass is 10.1. The Morgan fingerprint density at radius 2 is 2.05 bits per heavy atom. The molecule has 8 heteroatoms. The molecule has 0 radical (unpaired) electrons. The minimum Gasteiger partial charge on any atom is -0.405 e. The number of hydrogen-bond donors (Lipinski definition) is 2. The maximum atomic E-state index is 12.3. The van der Waals surface area contributed by atoms with Crippen molar-refractivity contribution in [1.82, 2.24) is 10.6 Å². The Morgan fingerprint density at radius 1 is 1.33 bits per heavy atom. The van der Waals surface area contributed by atoms with Crippen LogP contribution in [0.25, 0.3) is 0 Å². The average Bonchev–Trinajstić information content (AvgIpc) is 2.38. The minimum atomic E-state index is -4.82. The summed E-state index contributed by atoms with van der Waals surface area (Å²) in [7, 11) is 0. The third-order valence-electron chi connectivity index (χ3n) is 2.99. The first-order valence-electron chi connectivity index (χ1n) is 6.32. The van der Waals surface area contributed by atoms with E-state index in [-0.39, 0.29) is 24.0 Å². The fourth-order valence-electron chi connectivity index (χ4n) is 2.11. The number of carbonyl (C=O) groups is 1. The summed E-state index contributed by atoms with van der Waals surface area (Å²) in [6.07, 6.45) is -3.09. The summed E-state index contributed by atoms with van der Waals surface area (Å²) in [6.45, 7) is 1.51. The molecule has 1 aromatic rings. The number of amides is 1. The molecule has 1 saturated heterocycles. The number of benzene rings is 1. The van der Waals surface area contributed by atoms with Crippen LogP contribution in [0.3, 0.4) is 0 Å². The van der Waals surface area contributed by atoms with E-state index in [9.17, 15) is 18.0 Å². The van der Waals surface area contributed by atoms with Gasteiger partial charge in [0.25, 0.3) is 5.91 Å². The van der Waals surface area contributed by atoms with Gasteiger partial charge in [-0.2, -0.15) is 0 Å². The monoisotopic (exact) mass is 324 g/mol. The van der Waals surface area contributed by atoms with Crippen molar-refractivity contribution in [2.75, 3.05) is 13.1 Å². The van der Waals surface area contributed by atoms with Crippen LogP contribution < -0.4 is 15.4 Å². The maximum absolute atomic E-state index is 12.3. The molecule has 118 valence electrons. The second kappa shape index (κ2) is 7.51. The summed E-state index contributed by atoms with van der Waals surface area (Å²) in [4.78, 5) is 12.0. The van der Waals surface area contributed by atoms with Gasteiger partial charge in [-0.15, -0.1) is 25.6 Å². The number of nitrogens with one attached hydrogen (secondary N) is 2. The number of para-hydroxylation sites is 1. The standard InChI is InChI=1S/C13H15F3N2O2.ClH/c14-13(15,16)20-11-6-2-1-5-10(11)12(19)18-9-4-3-7-17-8-9;/h1-2,5-6,9,17H,3-4,7-8H2,(H,18,19);1H. The highest BCUT2D eigenvalue weighted by molar-refractivity contribution is 5.97. The summed E-state index contributed by atoms with van der Waals surface area (Å²) in [6, 6.07) is 5.25. The molecule has 1 amide bonds. The number of piperidine rings is 1. The van der Waals surface area contributed by atoms with Gasteiger partial charge in [-0.3, -0.25) is 4.79 Å². The molecular formula is C13H16ClF3N2O2. The van der Waals surface area contributed by atoms with E-state index in [1.54, 1.807) is 0 Å². The molecule has 0 aliphatic carbocycles. The van der Waals surface area contributed by atoms with Gasteiger partial charge in [0, 0.05) is 12.6 Å². The van der Waals surface area contributed by atoms with Crippen LogP contribution in [0.4, 0.5) is 13.2 Å². The summed E-state index contributed by atoms with van der Waals surface area (Å²) in [5.74, 6) is -1.04. The van der Waals surface area contributed by atoms with Gasteiger partial charge < -0.3 is 15.4 Å². The van der Waals surface area contributed by atoms with Crippen molar-refractivity contribution in [2.24, 2.45) is 0 Å². The fraction of sp³-hybridized carbons (Fsp3) is 0.462. The predicted molar refractivity (Wildman–Crippen MR) is 73.7 cm³/mol. The van der Waals surface area contributed by atoms with Crippen LogP contribution in [0.5, 0.6) is 5.75 Å². The van der Waals surface area contributed by atoms with E-state index in [1.807, 2.05) is 0 Å². The smallest absolute Gasteiger partial charge is 0.405 e. The van der Waals surface area contributed by atoms with Gasteiger partial charge >= 0.3 is 6.36 Å². The van der Waals surface area contributed by atoms with Gasteiger partial charge in [-0.25, -0.2) is 0 Å². The molecule has 1 aromatic carbocycles. The fourth-order valence-corrected chi connectivity index (χ4v) is 2.11. The second-order valence-electron chi connectivity index (χ2n) is 4.56. The molecule has 1 fully saturated rings. The number of rotatable bonds is 3. The number of alkyl halides is 3. The third kappa shape index (κ3) is 5.43. The van der Waals surface area contributed by atoms with Crippen LogP contribution in [-0.2, 0) is 0 Å². The average molecular weight is 325 g/mol. The number of halogens is 4. The molecule has 0 saturated carbocycles. The summed E-state index contributed by atoms with van der Waals surface area (Å²) >= 11 is 0. The van der Waals surface area contributed by atoms with Gasteiger partial charge in [0.05, 0.1) is 5.56 Å². The Balaban J connectivity index is 0.00000220. The van der Waals surface area contributed by atoms with Gasteiger partial charge in [0.2, 0.25) is 0 Å². The first kappa shape index (κ1) is 17.6. The first-order chi connectivity index (χ1) is 9.46. The first-order valence-corrected chi connectivity index (χ1v) is 6.32. The van der Waals surface area contributed by atoms with E-state index >= 15 is 0 Å². The van der Waals surface area contributed by atoms with E-state index in [0.717, 1.165) is 25.5 Å². The van der Waals surface area contributed by atoms with Gasteiger partial charge in [-0.05, 0) is 31.5 Å². The van der Waals surface area contributed by atoms with E-state index in [2.05, 4.69) is 15.4 Å². The van der Waals surface area contributed by atoms with Crippen LogP contribution in [-0.4, -0.2) is 31.4 Å². The van der Waals surface area contributed by atoms with Crippen LogP contribution in [0.15, 0.2) is 24.3 Å². The Bertz CT molecular complexity index is 477. The second-order valence-corrected chi connectivity index (χ2v) is 4.56. The Kier molecular flexibility index (Phi) is 6.29. The van der Waals surface area contributed by atoms with Crippen LogP contribution in [0, 0.1) is 0 Å². The van der Waals surface area contributed by atoms with E-state index in [4.69, 9.17) is 0 Å². The molecule has 0 spiro atoms. The molecule has 1 aliphatic rings. The van der Waals surface area contributed by atoms with Crippen molar-refractivity contribution in [2.45, 2.75) is 25.2 Å². The zero-order valence-electron chi connectivity index (χ0n) is 11.1. The van der Waals surface area contributed by atoms with Crippen molar-refractivity contribution < 1.29 is 22.7 Å². The minimum absolute atomic E-state index is 0. The topological polar surface area (TPSA) is 50.4 Å². The predicted octanol–water partition coefficient (Wildman–Crippen LogP) is 2.49. The summed E-state index contributed by atoms with van der Waals surface area (Å²) in [5, 5.41) is 5.83. The number of ether oxygens (including phenoxy) is 1. The Labute approximate surface area is 126 Å². The van der Waals surface area contributed by atoms with E-state index in [1.165, 1.54) is 18.2 Å². The highest BCUT2D eigenvalue weighted by Crippen LogP contribution is 2.26. The molecule has 21 heavy (non-hydrogen) atoms. The van der Waals surface area contributed by atoms with E-state index < -0.39 is 18.0 Å². The van der Waals surface area contributed by atoms with Crippen molar-refractivity contribution in [1.29, 1.82) is 0 Å². The van der Waals surface area contributed by atoms with Crippen LogP contribution >= 0.6 is 12.4 Å². The van der Waals surface area contributed by atoms with Crippen molar-refractivity contribution in [3.63, 3.8) is 0 Å². The largest absolute Gasteiger partial charge is 0.573 e. The molecule has 1 heterocycles. The molecule has 2 rings (SSSR count). The SMILES string of the molecule is Cl.O=C(NC1CCCNC1)c1ccccc1OC(F)(F)F. The molecular weight excluding hydrogens is 309 g/mol. The number of hydrogen-bond acceptors (Lipinski definition) is 3.